The van der Waals surface area contributed by atoms with Crippen molar-refractivity contribution in [3.8, 4) is 5.75 Å². The lowest BCUT2D eigenvalue weighted by Crippen LogP contribution is -2.39. The zero-order valence-corrected chi connectivity index (χ0v) is 17.3. The maximum absolute atomic E-state index is 13.6. The fourth-order valence-corrected chi connectivity index (χ4v) is 6.05. The largest absolute Gasteiger partial charge is 0.497 e. The molecule has 0 bridgehead atoms. The van der Waals surface area contributed by atoms with Crippen LogP contribution in [0.5, 0.6) is 5.75 Å². The molecule has 2 aromatic rings. The van der Waals surface area contributed by atoms with Crippen LogP contribution in [0.15, 0.2) is 30.3 Å². The molecule has 5 heteroatoms. The van der Waals surface area contributed by atoms with E-state index in [0.717, 1.165) is 30.5 Å². The molecule has 1 aromatic carbocycles. The summed E-state index contributed by atoms with van der Waals surface area (Å²) in [7, 11) is 1.61. The Bertz CT molecular complexity index is 961. The molecule has 2 amide bonds. The summed E-state index contributed by atoms with van der Waals surface area (Å²) >= 11 is 0. The van der Waals surface area contributed by atoms with Crippen molar-refractivity contribution in [1.82, 2.24) is 4.98 Å². The van der Waals surface area contributed by atoms with Crippen molar-refractivity contribution in [2.45, 2.75) is 51.4 Å². The number of nitrogens with one attached hydrogen (secondary N) is 1. The monoisotopic (exact) mass is 392 g/mol. The molecule has 1 aliphatic heterocycles. The van der Waals surface area contributed by atoms with E-state index in [9.17, 15) is 9.59 Å². The van der Waals surface area contributed by atoms with Gasteiger partial charge in [0.15, 0.2) is 0 Å². The number of aromatic nitrogens is 1. The number of anilines is 1. The maximum atomic E-state index is 13.6. The number of ether oxygens (including phenoxy) is 1. The minimum Gasteiger partial charge on any atom is -0.497 e. The Hall–Kier alpha value is -2.56. The van der Waals surface area contributed by atoms with Crippen molar-refractivity contribution in [3.63, 3.8) is 0 Å². The van der Waals surface area contributed by atoms with E-state index in [2.05, 4.69) is 18.0 Å². The van der Waals surface area contributed by atoms with E-state index in [0.29, 0.717) is 23.3 Å². The summed E-state index contributed by atoms with van der Waals surface area (Å²) in [4.78, 5) is 32.2. The van der Waals surface area contributed by atoms with Gasteiger partial charge in [0.1, 0.15) is 5.75 Å². The van der Waals surface area contributed by atoms with Crippen molar-refractivity contribution in [2.75, 3.05) is 12.0 Å². The molecule has 1 saturated heterocycles. The number of carbonyl (C=O) groups is 2. The molecular weight excluding hydrogens is 364 g/mol. The highest BCUT2D eigenvalue weighted by Crippen LogP contribution is 2.57. The smallest absolute Gasteiger partial charge is 0.242 e. The average Bonchev–Trinajstić information content (AvgIpc) is 3.25. The third kappa shape index (κ3) is 2.66. The molecule has 1 unspecified atom stereocenters. The molecule has 0 radical (unpaired) electrons. The number of carbonyl (C=O) groups excluding carboxylic acids is 2. The first-order valence-corrected chi connectivity index (χ1v) is 10.7. The highest BCUT2D eigenvalue weighted by atomic mass is 16.5. The van der Waals surface area contributed by atoms with Crippen molar-refractivity contribution in [1.29, 1.82) is 0 Å². The van der Waals surface area contributed by atoms with Crippen LogP contribution in [0.3, 0.4) is 0 Å². The summed E-state index contributed by atoms with van der Waals surface area (Å²) in [6.45, 7) is 4.28. The molecular formula is C24H28N2O3. The van der Waals surface area contributed by atoms with Gasteiger partial charge in [0.05, 0.1) is 24.6 Å². The van der Waals surface area contributed by atoms with Gasteiger partial charge in [-0.15, -0.1) is 0 Å². The predicted octanol–water partition coefficient (Wildman–Crippen LogP) is 4.53. The van der Waals surface area contributed by atoms with Gasteiger partial charge in [-0.3, -0.25) is 9.59 Å². The van der Waals surface area contributed by atoms with Crippen molar-refractivity contribution < 1.29 is 14.3 Å². The Morgan fingerprint density at radius 2 is 1.90 bits per heavy atom. The minimum absolute atomic E-state index is 0.0265. The van der Waals surface area contributed by atoms with E-state index in [4.69, 9.17) is 4.74 Å². The van der Waals surface area contributed by atoms with Crippen LogP contribution in [0.4, 0.5) is 5.69 Å². The van der Waals surface area contributed by atoms with Crippen molar-refractivity contribution in [2.24, 2.45) is 17.8 Å². The maximum Gasteiger partial charge on any atom is 0.242 e. The van der Waals surface area contributed by atoms with Crippen LogP contribution in [0, 0.1) is 24.7 Å². The van der Waals surface area contributed by atoms with Gasteiger partial charge >= 0.3 is 0 Å². The quantitative estimate of drug-likeness (QED) is 0.781. The van der Waals surface area contributed by atoms with Crippen molar-refractivity contribution in [3.05, 3.63) is 47.3 Å². The van der Waals surface area contributed by atoms with Crippen LogP contribution in [0.1, 0.15) is 61.4 Å². The summed E-state index contributed by atoms with van der Waals surface area (Å²) in [5.41, 5.74) is 3.98. The first-order chi connectivity index (χ1) is 14.0. The molecule has 1 saturated carbocycles. The molecule has 5 nitrogen and oxygen atoms in total. The Morgan fingerprint density at radius 1 is 1.14 bits per heavy atom. The molecule has 5 atom stereocenters. The Morgan fingerprint density at radius 3 is 2.59 bits per heavy atom. The summed E-state index contributed by atoms with van der Waals surface area (Å²) in [5, 5.41) is 0. The molecule has 5 rings (SSSR count). The number of rotatable bonds is 3. The molecule has 2 fully saturated rings. The predicted molar refractivity (Wildman–Crippen MR) is 111 cm³/mol. The molecule has 0 spiro atoms. The van der Waals surface area contributed by atoms with E-state index in [-0.39, 0.29) is 29.6 Å². The van der Waals surface area contributed by atoms with Crippen LogP contribution < -0.4 is 9.64 Å². The Balaban J connectivity index is 1.59. The van der Waals surface area contributed by atoms with Gasteiger partial charge in [0.2, 0.25) is 11.8 Å². The molecule has 2 heterocycles. The summed E-state index contributed by atoms with van der Waals surface area (Å²) in [6.07, 6.45) is 4.48. The van der Waals surface area contributed by atoms with E-state index < -0.39 is 0 Å². The molecule has 1 aromatic heterocycles. The van der Waals surface area contributed by atoms with E-state index in [1.54, 1.807) is 19.2 Å². The summed E-state index contributed by atoms with van der Waals surface area (Å²) in [6, 6.07) is 9.32. The number of amides is 2. The SMILES string of the molecule is CCC1CC[C@H]2c3[nH]c(C)cc3[C@H]3C(=O)N(c4ccc(OC)cc4)C(=O)[C@H]3[C@H]2C1. The molecule has 3 aliphatic rings. The number of fused-ring (bicyclic) bond motifs is 6. The summed E-state index contributed by atoms with van der Waals surface area (Å²) in [5.74, 6) is 1.25. The van der Waals surface area contributed by atoms with Gasteiger partial charge in [0.25, 0.3) is 0 Å². The van der Waals surface area contributed by atoms with Gasteiger partial charge in [-0.1, -0.05) is 13.3 Å². The minimum atomic E-state index is -0.360. The zero-order valence-electron chi connectivity index (χ0n) is 17.3. The number of hydrogen-bond acceptors (Lipinski definition) is 3. The lowest BCUT2D eigenvalue weighted by Gasteiger charge is -2.43. The van der Waals surface area contributed by atoms with Gasteiger partial charge < -0.3 is 9.72 Å². The van der Waals surface area contributed by atoms with Crippen LogP contribution in [0.2, 0.25) is 0 Å². The van der Waals surface area contributed by atoms with Gasteiger partial charge in [-0.05, 0) is 73.9 Å². The van der Waals surface area contributed by atoms with E-state index >= 15 is 0 Å². The van der Waals surface area contributed by atoms with Gasteiger partial charge in [-0.25, -0.2) is 4.90 Å². The fourth-order valence-electron chi connectivity index (χ4n) is 6.05. The van der Waals surface area contributed by atoms with E-state index in [1.807, 2.05) is 19.1 Å². The summed E-state index contributed by atoms with van der Waals surface area (Å²) < 4.78 is 5.23. The number of aryl methyl sites for hydroxylation is 1. The number of H-pyrrole nitrogens is 1. The van der Waals surface area contributed by atoms with Gasteiger partial charge in [-0.2, -0.15) is 0 Å². The Labute approximate surface area is 171 Å². The third-order valence-corrected chi connectivity index (χ3v) is 7.45. The highest BCUT2D eigenvalue weighted by Gasteiger charge is 2.58. The standard InChI is InChI=1S/C24H28N2O3/c1-4-14-5-10-17-18(12-14)20-21(19-11-13(2)25-22(17)19)24(28)26(23(20)27)15-6-8-16(29-3)9-7-15/h6-9,11,14,17-18,20-21,25H,4-5,10,12H2,1-3H3/t14?,17-,18+,20+,21-/m1/s1. The normalized spacial score (nSPS) is 30.7. The Kier molecular flexibility index (Phi) is 4.30. The first kappa shape index (κ1) is 18.5. The first-order valence-electron chi connectivity index (χ1n) is 10.7. The number of nitrogens with zero attached hydrogens (tertiary/aromatic N) is 1. The lowest BCUT2D eigenvalue weighted by molar-refractivity contribution is -0.123. The number of aromatic amines is 1. The van der Waals surface area contributed by atoms with Crippen LogP contribution in [-0.4, -0.2) is 23.9 Å². The van der Waals surface area contributed by atoms with E-state index in [1.165, 1.54) is 17.0 Å². The van der Waals surface area contributed by atoms with Gasteiger partial charge in [0, 0.05) is 17.3 Å². The number of benzene rings is 1. The second kappa shape index (κ2) is 6.75. The highest BCUT2D eigenvalue weighted by molar-refractivity contribution is 6.24. The second-order valence-electron chi connectivity index (χ2n) is 8.89. The number of hydrogen-bond donors (Lipinski definition) is 1. The zero-order chi connectivity index (χ0) is 20.3. The third-order valence-electron chi connectivity index (χ3n) is 7.45. The van der Waals surface area contributed by atoms with Crippen LogP contribution in [0.25, 0.3) is 0 Å². The van der Waals surface area contributed by atoms with Crippen LogP contribution in [-0.2, 0) is 9.59 Å². The molecule has 2 aliphatic carbocycles. The lowest BCUT2D eigenvalue weighted by atomic mass is 9.59. The average molecular weight is 392 g/mol. The van der Waals surface area contributed by atoms with Crippen molar-refractivity contribution >= 4 is 17.5 Å². The second-order valence-corrected chi connectivity index (χ2v) is 8.89. The molecule has 152 valence electrons. The van der Waals surface area contributed by atoms with Crippen LogP contribution >= 0.6 is 0 Å². The topological polar surface area (TPSA) is 62.4 Å². The number of methoxy groups -OCH3 is 1. The fraction of sp³-hybridized carbons (Fsp3) is 0.500. The number of imide groups is 1. The molecule has 29 heavy (non-hydrogen) atoms. The molecule has 1 N–H and O–H groups in total.